The van der Waals surface area contributed by atoms with E-state index in [1.54, 1.807) is 14.2 Å². The summed E-state index contributed by atoms with van der Waals surface area (Å²) < 4.78 is 10.6. The molecule has 31 heavy (non-hydrogen) atoms. The van der Waals surface area contributed by atoms with Crippen LogP contribution in [0.3, 0.4) is 0 Å². The Hall–Kier alpha value is -3.98. The van der Waals surface area contributed by atoms with Crippen LogP contribution in [0, 0.1) is 11.3 Å². The van der Waals surface area contributed by atoms with Gasteiger partial charge in [0.05, 0.1) is 32.4 Å². The predicted octanol–water partition coefficient (Wildman–Crippen LogP) is 3.89. The van der Waals surface area contributed by atoms with Crippen LogP contribution in [0.5, 0.6) is 11.5 Å². The maximum atomic E-state index is 9.27. The van der Waals surface area contributed by atoms with Gasteiger partial charge >= 0.3 is 0 Å². The number of guanidine groups is 1. The second-order valence-corrected chi connectivity index (χ2v) is 6.92. The Morgan fingerprint density at radius 2 is 1.68 bits per heavy atom. The van der Waals surface area contributed by atoms with E-state index in [0.717, 1.165) is 28.7 Å². The van der Waals surface area contributed by atoms with E-state index in [-0.39, 0.29) is 0 Å². The van der Waals surface area contributed by atoms with Gasteiger partial charge in [-0.05, 0) is 46.9 Å². The van der Waals surface area contributed by atoms with Crippen LogP contribution in [-0.4, -0.2) is 26.7 Å². The molecular weight excluding hydrogens is 388 g/mol. The predicted molar refractivity (Wildman–Crippen MR) is 123 cm³/mol. The summed E-state index contributed by atoms with van der Waals surface area (Å²) in [6.07, 6.45) is 0.781. The lowest BCUT2D eigenvalue weighted by molar-refractivity contribution is 0.354. The van der Waals surface area contributed by atoms with Gasteiger partial charge in [0.2, 0.25) is 0 Å². The molecule has 3 aromatic carbocycles. The average molecular weight is 415 g/mol. The number of ether oxygens (including phenoxy) is 2. The number of aliphatic imine (C=N–C) groups is 1. The van der Waals surface area contributed by atoms with Crippen LogP contribution in [-0.2, 0) is 13.0 Å². The molecule has 3 N–H and O–H groups in total. The Labute approximate surface area is 183 Å². The minimum absolute atomic E-state index is 0.402. The van der Waals surface area contributed by atoms with Crippen molar-refractivity contribution >= 4 is 5.96 Å². The van der Waals surface area contributed by atoms with Gasteiger partial charge in [-0.25, -0.2) is 4.99 Å². The standard InChI is InChI=1S/C25H26N4O2/c1-30-23-12-9-18(15-24(23)31-2)13-14-28-25(27)29-17-19-7-10-20(11-8-19)22-6-4-3-5-21(22)16-26/h3-12,15H,13-14,17H2,1-2H3,(H3,27,28,29). The zero-order valence-electron chi connectivity index (χ0n) is 17.8. The molecule has 0 saturated heterocycles. The highest BCUT2D eigenvalue weighted by molar-refractivity contribution is 5.77. The van der Waals surface area contributed by atoms with Gasteiger partial charge < -0.3 is 20.5 Å². The maximum Gasteiger partial charge on any atom is 0.188 e. The van der Waals surface area contributed by atoms with Gasteiger partial charge in [-0.2, -0.15) is 5.26 Å². The quantitative estimate of drug-likeness (QED) is 0.431. The van der Waals surface area contributed by atoms with E-state index >= 15 is 0 Å². The van der Waals surface area contributed by atoms with Gasteiger partial charge in [0.1, 0.15) is 0 Å². The SMILES string of the molecule is COc1ccc(CCNC(N)=NCc2ccc(-c3ccccc3C#N)cc2)cc1OC. The molecule has 0 aliphatic heterocycles. The van der Waals surface area contributed by atoms with Crippen molar-refractivity contribution in [1.82, 2.24) is 5.32 Å². The molecule has 0 radical (unpaired) electrons. The first kappa shape index (κ1) is 21.7. The number of nitrogens with one attached hydrogen (secondary N) is 1. The molecule has 0 spiro atoms. The average Bonchev–Trinajstić information content (AvgIpc) is 2.83. The van der Waals surface area contributed by atoms with Gasteiger partial charge in [-0.1, -0.05) is 48.5 Å². The third-order valence-corrected chi connectivity index (χ3v) is 4.91. The monoisotopic (exact) mass is 414 g/mol. The molecule has 158 valence electrons. The van der Waals surface area contributed by atoms with Crippen molar-refractivity contribution in [2.45, 2.75) is 13.0 Å². The lowest BCUT2D eigenvalue weighted by Crippen LogP contribution is -2.33. The summed E-state index contributed by atoms with van der Waals surface area (Å²) in [7, 11) is 3.24. The Balaban J connectivity index is 1.53. The van der Waals surface area contributed by atoms with Gasteiger partial charge in [0.25, 0.3) is 0 Å². The van der Waals surface area contributed by atoms with Crippen molar-refractivity contribution < 1.29 is 9.47 Å². The van der Waals surface area contributed by atoms with Crippen molar-refractivity contribution in [3.05, 3.63) is 83.4 Å². The van der Waals surface area contributed by atoms with Crippen LogP contribution in [0.1, 0.15) is 16.7 Å². The summed E-state index contributed by atoms with van der Waals surface area (Å²) >= 11 is 0. The van der Waals surface area contributed by atoms with Crippen LogP contribution in [0.15, 0.2) is 71.7 Å². The number of rotatable bonds is 8. The van der Waals surface area contributed by atoms with Crippen molar-refractivity contribution in [2.75, 3.05) is 20.8 Å². The van der Waals surface area contributed by atoms with Crippen LogP contribution < -0.4 is 20.5 Å². The summed E-state index contributed by atoms with van der Waals surface area (Å²) in [6.45, 7) is 1.14. The van der Waals surface area contributed by atoms with E-state index in [1.807, 2.05) is 66.7 Å². The molecule has 0 amide bonds. The molecule has 0 heterocycles. The fourth-order valence-electron chi connectivity index (χ4n) is 3.23. The highest BCUT2D eigenvalue weighted by Gasteiger charge is 2.05. The summed E-state index contributed by atoms with van der Waals surface area (Å²) in [5.41, 5.74) is 10.8. The zero-order valence-corrected chi connectivity index (χ0v) is 17.8. The van der Waals surface area contributed by atoms with Crippen LogP contribution >= 0.6 is 0 Å². The second kappa shape index (κ2) is 10.7. The smallest absolute Gasteiger partial charge is 0.188 e. The Kier molecular flexibility index (Phi) is 7.50. The minimum atomic E-state index is 0.402. The molecule has 0 unspecified atom stereocenters. The van der Waals surface area contributed by atoms with Crippen molar-refractivity contribution in [3.8, 4) is 28.7 Å². The van der Waals surface area contributed by atoms with Crippen LogP contribution in [0.4, 0.5) is 0 Å². The van der Waals surface area contributed by atoms with E-state index in [2.05, 4.69) is 16.4 Å². The molecule has 0 saturated carbocycles. The number of hydrogen-bond acceptors (Lipinski definition) is 4. The minimum Gasteiger partial charge on any atom is -0.493 e. The van der Waals surface area contributed by atoms with Crippen LogP contribution in [0.25, 0.3) is 11.1 Å². The lowest BCUT2D eigenvalue weighted by atomic mass is 9.99. The first-order valence-corrected chi connectivity index (χ1v) is 9.97. The highest BCUT2D eigenvalue weighted by atomic mass is 16.5. The normalized spacial score (nSPS) is 10.9. The Morgan fingerprint density at radius 1 is 0.968 bits per heavy atom. The molecule has 6 nitrogen and oxygen atoms in total. The summed E-state index contributed by atoms with van der Waals surface area (Å²) in [5, 5.41) is 12.4. The molecule has 0 aromatic heterocycles. The van der Waals surface area contributed by atoms with Crippen molar-refractivity contribution in [1.29, 1.82) is 5.26 Å². The van der Waals surface area contributed by atoms with E-state index in [9.17, 15) is 5.26 Å². The second-order valence-electron chi connectivity index (χ2n) is 6.92. The van der Waals surface area contributed by atoms with E-state index in [4.69, 9.17) is 15.2 Å². The lowest BCUT2D eigenvalue weighted by Gasteiger charge is -2.10. The molecule has 3 rings (SSSR count). The fraction of sp³-hybridized carbons (Fsp3) is 0.200. The Morgan fingerprint density at radius 3 is 2.39 bits per heavy atom. The van der Waals surface area contributed by atoms with Gasteiger partial charge in [0.15, 0.2) is 17.5 Å². The van der Waals surface area contributed by atoms with Gasteiger partial charge in [-0.3, -0.25) is 0 Å². The zero-order chi connectivity index (χ0) is 22.1. The van der Waals surface area contributed by atoms with Crippen molar-refractivity contribution in [2.24, 2.45) is 10.7 Å². The number of nitrogens with zero attached hydrogens (tertiary/aromatic N) is 2. The summed E-state index contributed by atoms with van der Waals surface area (Å²) in [6, 6.07) is 23.7. The van der Waals surface area contributed by atoms with Gasteiger partial charge in [0, 0.05) is 6.54 Å². The Bertz CT molecular complexity index is 1090. The number of nitrogens with two attached hydrogens (primary N) is 1. The van der Waals surface area contributed by atoms with Crippen LogP contribution in [0.2, 0.25) is 0 Å². The number of nitriles is 1. The maximum absolute atomic E-state index is 9.27. The first-order chi connectivity index (χ1) is 15.1. The third-order valence-electron chi connectivity index (χ3n) is 4.91. The molecule has 6 heteroatoms. The molecular formula is C25H26N4O2. The molecule has 0 bridgehead atoms. The number of hydrogen-bond donors (Lipinski definition) is 2. The molecule has 0 aliphatic rings. The first-order valence-electron chi connectivity index (χ1n) is 9.97. The number of benzene rings is 3. The highest BCUT2D eigenvalue weighted by Crippen LogP contribution is 2.27. The van der Waals surface area contributed by atoms with Crippen molar-refractivity contribution in [3.63, 3.8) is 0 Å². The van der Waals surface area contributed by atoms with E-state index in [0.29, 0.717) is 36.1 Å². The van der Waals surface area contributed by atoms with Gasteiger partial charge in [-0.15, -0.1) is 0 Å². The molecule has 0 fully saturated rings. The molecule has 0 atom stereocenters. The molecule has 0 aliphatic carbocycles. The number of methoxy groups -OCH3 is 2. The topological polar surface area (TPSA) is 92.7 Å². The largest absolute Gasteiger partial charge is 0.493 e. The van der Waals surface area contributed by atoms with E-state index < -0.39 is 0 Å². The third kappa shape index (κ3) is 5.77. The van der Waals surface area contributed by atoms with E-state index in [1.165, 1.54) is 0 Å². The summed E-state index contributed by atoms with van der Waals surface area (Å²) in [5.74, 6) is 1.82. The fourth-order valence-corrected chi connectivity index (χ4v) is 3.23. The summed E-state index contributed by atoms with van der Waals surface area (Å²) in [4.78, 5) is 4.41. The molecule has 3 aromatic rings.